The number of methoxy groups -OCH3 is 2. The van der Waals surface area contributed by atoms with Gasteiger partial charge in [-0.2, -0.15) is 4.98 Å². The Hall–Kier alpha value is -3.33. The first-order chi connectivity index (χ1) is 15.4. The van der Waals surface area contributed by atoms with Crippen LogP contribution in [0.5, 0.6) is 11.5 Å². The summed E-state index contributed by atoms with van der Waals surface area (Å²) in [5.74, 6) is 1.24. The zero-order valence-electron chi connectivity index (χ0n) is 18.2. The fourth-order valence-electron chi connectivity index (χ4n) is 5.03. The molecule has 0 saturated carbocycles. The van der Waals surface area contributed by atoms with Crippen LogP contribution >= 0.6 is 0 Å². The number of anilines is 2. The number of carbonyl (C=O) groups is 1. The topological polar surface area (TPSA) is 114 Å². The number of hydrogen-bond acceptors (Lipinski definition) is 8. The number of nitrogens with zero attached hydrogens (tertiary/aromatic N) is 4. The molecule has 0 amide bonds. The summed E-state index contributed by atoms with van der Waals surface area (Å²) in [5, 5.41) is 10.7. The van der Waals surface area contributed by atoms with Gasteiger partial charge in [-0.25, -0.2) is 9.78 Å². The number of rotatable bonds is 5. The van der Waals surface area contributed by atoms with Gasteiger partial charge < -0.3 is 25.2 Å². The fraction of sp³-hybridized carbons (Fsp3) is 0.435. The Morgan fingerprint density at radius 3 is 2.50 bits per heavy atom. The number of aromatic nitrogens is 2. The molecule has 2 heterocycles. The highest BCUT2D eigenvalue weighted by Gasteiger charge is 2.43. The summed E-state index contributed by atoms with van der Waals surface area (Å²) < 4.78 is 10.7. The Bertz CT molecular complexity index is 1120. The third-order valence-corrected chi connectivity index (χ3v) is 6.87. The first-order valence-corrected chi connectivity index (χ1v) is 10.8. The van der Waals surface area contributed by atoms with E-state index in [2.05, 4.69) is 39.2 Å². The van der Waals surface area contributed by atoms with E-state index in [0.717, 1.165) is 12.8 Å². The SMILES string of the molecule is COc1cc2nc(N3CCN(C45C=CC(C=C4)CC5)CC3C(=O)O)nc(N)c2cc1OC. The molecule has 1 aromatic heterocycles. The van der Waals surface area contributed by atoms with E-state index >= 15 is 0 Å². The lowest BCUT2D eigenvalue weighted by Gasteiger charge is -2.50. The van der Waals surface area contributed by atoms with E-state index in [1.165, 1.54) is 0 Å². The lowest BCUT2D eigenvalue weighted by Crippen LogP contribution is -2.63. The number of carboxylic acid groups (broad SMARTS) is 1. The molecule has 1 aliphatic heterocycles. The molecule has 1 saturated heterocycles. The second kappa shape index (κ2) is 7.67. The maximum absolute atomic E-state index is 12.3. The molecule has 3 N–H and O–H groups in total. The number of hydrogen-bond donors (Lipinski definition) is 2. The van der Waals surface area contributed by atoms with Crippen molar-refractivity contribution < 1.29 is 19.4 Å². The highest BCUT2D eigenvalue weighted by Crippen LogP contribution is 2.40. The second-order valence-corrected chi connectivity index (χ2v) is 8.54. The van der Waals surface area contributed by atoms with Crippen molar-refractivity contribution in [1.82, 2.24) is 14.9 Å². The van der Waals surface area contributed by atoms with Crippen molar-refractivity contribution in [2.24, 2.45) is 5.92 Å². The van der Waals surface area contributed by atoms with Gasteiger partial charge in [-0.1, -0.05) is 24.3 Å². The number of ether oxygens (including phenoxy) is 2. The van der Waals surface area contributed by atoms with Gasteiger partial charge in [0, 0.05) is 31.1 Å². The maximum Gasteiger partial charge on any atom is 0.327 e. The molecule has 9 heteroatoms. The molecule has 6 rings (SSSR count). The largest absolute Gasteiger partial charge is 0.493 e. The molecule has 2 bridgehead atoms. The normalized spacial score (nSPS) is 27.1. The minimum Gasteiger partial charge on any atom is -0.493 e. The average molecular weight is 438 g/mol. The Morgan fingerprint density at radius 1 is 1.16 bits per heavy atom. The molecule has 1 aromatic carbocycles. The number of piperazine rings is 1. The quantitative estimate of drug-likeness (QED) is 0.679. The van der Waals surface area contributed by atoms with Gasteiger partial charge in [0.1, 0.15) is 11.9 Å². The molecule has 0 spiro atoms. The van der Waals surface area contributed by atoms with Crippen LogP contribution in [-0.4, -0.2) is 71.4 Å². The highest BCUT2D eigenvalue weighted by molar-refractivity contribution is 5.92. The van der Waals surface area contributed by atoms with E-state index in [1.807, 2.05) is 0 Å². The van der Waals surface area contributed by atoms with Gasteiger partial charge in [0.2, 0.25) is 5.95 Å². The molecular formula is C23H27N5O4. The molecule has 9 nitrogen and oxygen atoms in total. The zero-order chi connectivity index (χ0) is 22.5. The average Bonchev–Trinajstić information content (AvgIpc) is 2.83. The summed E-state index contributed by atoms with van der Waals surface area (Å²) in [7, 11) is 3.10. The summed E-state index contributed by atoms with van der Waals surface area (Å²) >= 11 is 0. The summed E-state index contributed by atoms with van der Waals surface area (Å²) in [6.07, 6.45) is 11.1. The van der Waals surface area contributed by atoms with Gasteiger partial charge in [0.05, 0.1) is 25.3 Å². The van der Waals surface area contributed by atoms with Crippen LogP contribution in [0, 0.1) is 5.92 Å². The lowest BCUT2D eigenvalue weighted by molar-refractivity contribution is -0.140. The van der Waals surface area contributed by atoms with Crippen LogP contribution in [0.2, 0.25) is 0 Å². The molecule has 1 atom stereocenters. The molecule has 3 aliphatic carbocycles. The molecule has 32 heavy (non-hydrogen) atoms. The van der Waals surface area contributed by atoms with Gasteiger partial charge >= 0.3 is 5.97 Å². The molecular weight excluding hydrogens is 410 g/mol. The number of fused-ring (bicyclic) bond motifs is 2. The molecule has 2 aromatic rings. The minimum atomic E-state index is -0.905. The van der Waals surface area contributed by atoms with Crippen molar-refractivity contribution in [2.45, 2.75) is 24.4 Å². The van der Waals surface area contributed by atoms with Crippen LogP contribution in [0.4, 0.5) is 11.8 Å². The molecule has 168 valence electrons. The Kier molecular flexibility index (Phi) is 4.93. The van der Waals surface area contributed by atoms with E-state index in [9.17, 15) is 9.90 Å². The Morgan fingerprint density at radius 2 is 1.88 bits per heavy atom. The van der Waals surface area contributed by atoms with E-state index < -0.39 is 12.0 Å². The first kappa shape index (κ1) is 20.6. The van der Waals surface area contributed by atoms with Crippen molar-refractivity contribution in [1.29, 1.82) is 0 Å². The number of carboxylic acids is 1. The molecule has 4 aliphatic rings. The van der Waals surface area contributed by atoms with Gasteiger partial charge in [-0.05, 0) is 24.8 Å². The molecule has 1 fully saturated rings. The minimum absolute atomic E-state index is 0.193. The van der Waals surface area contributed by atoms with Gasteiger partial charge in [-0.15, -0.1) is 0 Å². The smallest absolute Gasteiger partial charge is 0.327 e. The van der Waals surface area contributed by atoms with Gasteiger partial charge in [0.25, 0.3) is 0 Å². The van der Waals surface area contributed by atoms with Crippen LogP contribution in [0.15, 0.2) is 36.4 Å². The second-order valence-electron chi connectivity index (χ2n) is 8.54. The fourth-order valence-corrected chi connectivity index (χ4v) is 5.03. The van der Waals surface area contributed by atoms with Crippen LogP contribution in [0.25, 0.3) is 10.9 Å². The predicted molar refractivity (Wildman–Crippen MR) is 121 cm³/mol. The van der Waals surface area contributed by atoms with Gasteiger partial charge in [0.15, 0.2) is 11.5 Å². The number of benzene rings is 1. The third-order valence-electron chi connectivity index (χ3n) is 6.87. The first-order valence-electron chi connectivity index (χ1n) is 10.8. The highest BCUT2D eigenvalue weighted by atomic mass is 16.5. The lowest BCUT2D eigenvalue weighted by atomic mass is 9.75. The molecule has 0 radical (unpaired) electrons. The van der Waals surface area contributed by atoms with Crippen LogP contribution < -0.4 is 20.1 Å². The third kappa shape index (κ3) is 3.24. The Labute approximate surface area is 186 Å². The van der Waals surface area contributed by atoms with Crippen LogP contribution in [-0.2, 0) is 4.79 Å². The summed E-state index contributed by atoms with van der Waals surface area (Å²) in [5.41, 5.74) is 6.63. The summed E-state index contributed by atoms with van der Waals surface area (Å²) in [6.45, 7) is 1.57. The van der Waals surface area contributed by atoms with E-state index in [4.69, 9.17) is 15.2 Å². The standard InChI is InChI=1S/C23H27N5O4/c1-31-18-11-15-16(12-19(18)32-2)25-22(26-20(15)24)28-10-9-27(13-17(28)21(29)30)23-6-3-14(4-7-23)5-8-23/h3-4,6-7,11-12,14,17H,5,8-10,13H2,1-2H3,(H,29,30)(H2,24,25,26). The number of nitrogens with two attached hydrogens (primary N) is 1. The summed E-state index contributed by atoms with van der Waals surface area (Å²) in [6, 6.07) is 2.69. The zero-order valence-corrected chi connectivity index (χ0v) is 18.2. The van der Waals surface area contributed by atoms with Crippen molar-refractivity contribution in [3.8, 4) is 11.5 Å². The van der Waals surface area contributed by atoms with Crippen LogP contribution in [0.1, 0.15) is 12.8 Å². The van der Waals surface area contributed by atoms with Crippen LogP contribution in [0.3, 0.4) is 0 Å². The molecule has 1 unspecified atom stereocenters. The van der Waals surface area contributed by atoms with Crippen molar-refractivity contribution in [2.75, 3.05) is 44.5 Å². The predicted octanol–water partition coefficient (Wildman–Crippen LogP) is 2.08. The van der Waals surface area contributed by atoms with E-state index in [-0.39, 0.29) is 11.4 Å². The van der Waals surface area contributed by atoms with E-state index in [0.29, 0.717) is 53.9 Å². The van der Waals surface area contributed by atoms with Crippen molar-refractivity contribution in [3.05, 3.63) is 36.4 Å². The van der Waals surface area contributed by atoms with Crippen molar-refractivity contribution >= 4 is 28.6 Å². The summed E-state index contributed by atoms with van der Waals surface area (Å²) in [4.78, 5) is 25.4. The monoisotopic (exact) mass is 437 g/mol. The van der Waals surface area contributed by atoms with Crippen molar-refractivity contribution in [3.63, 3.8) is 0 Å². The van der Waals surface area contributed by atoms with E-state index in [1.54, 1.807) is 31.3 Å². The number of allylic oxidation sites excluding steroid dienone is 2. The maximum atomic E-state index is 12.3. The number of nitrogen functional groups attached to an aromatic ring is 1. The van der Waals surface area contributed by atoms with Gasteiger partial charge in [-0.3, -0.25) is 4.90 Å². The number of aliphatic carboxylic acids is 1. The Balaban J connectivity index is 1.49.